The molecule has 2 fully saturated rings. The minimum Gasteiger partial charge on any atom is -0.465 e. The molecule has 16 heteroatoms. The van der Waals surface area contributed by atoms with Crippen molar-refractivity contribution in [3.05, 3.63) is 89.2 Å². The number of ether oxygens (including phenoxy) is 2. The van der Waals surface area contributed by atoms with Gasteiger partial charge in [-0.15, -0.1) is 0 Å². The number of nitrogens with one attached hydrogen (secondary N) is 5. The van der Waals surface area contributed by atoms with Crippen LogP contribution in [0.5, 0.6) is 0 Å². The van der Waals surface area contributed by atoms with E-state index in [2.05, 4.69) is 36.4 Å². The van der Waals surface area contributed by atoms with Crippen LogP contribution in [0.1, 0.15) is 86.6 Å². The van der Waals surface area contributed by atoms with Gasteiger partial charge in [0, 0.05) is 61.9 Å². The van der Waals surface area contributed by atoms with Crippen LogP contribution in [0.2, 0.25) is 0 Å². The highest BCUT2D eigenvalue weighted by Crippen LogP contribution is 2.30. The van der Waals surface area contributed by atoms with Crippen LogP contribution in [0.25, 0.3) is 22.5 Å². The number of methoxy groups -OCH3 is 1. The molecule has 16 nitrogen and oxygen atoms in total. The van der Waals surface area contributed by atoms with Gasteiger partial charge in [-0.3, -0.25) is 19.5 Å². The Labute approximate surface area is 361 Å². The molecular weight excluding hydrogens is 793 g/mol. The van der Waals surface area contributed by atoms with E-state index in [9.17, 15) is 29.1 Å². The number of hydrogen-bond donors (Lipinski definition) is 6. The molecule has 330 valence electrons. The molecule has 1 saturated heterocycles. The van der Waals surface area contributed by atoms with E-state index in [4.69, 9.17) is 9.47 Å². The van der Waals surface area contributed by atoms with Crippen molar-refractivity contribution in [1.82, 2.24) is 36.0 Å². The van der Waals surface area contributed by atoms with Gasteiger partial charge < -0.3 is 40.7 Å². The number of piperidine rings is 1. The molecule has 1 aliphatic heterocycles. The van der Waals surface area contributed by atoms with Gasteiger partial charge in [0.1, 0.15) is 18.2 Å². The highest BCUT2D eigenvalue weighted by molar-refractivity contribution is 5.98. The van der Waals surface area contributed by atoms with E-state index in [0.717, 1.165) is 40.7 Å². The first-order valence-corrected chi connectivity index (χ1v) is 21.2. The summed E-state index contributed by atoms with van der Waals surface area (Å²) in [5.74, 6) is 0.317. The third-order valence-electron chi connectivity index (χ3n) is 11.3. The number of carbonyl (C=O) groups is 5. The van der Waals surface area contributed by atoms with Crippen LogP contribution >= 0.6 is 0 Å². The summed E-state index contributed by atoms with van der Waals surface area (Å²) in [6, 6.07) is 19.6. The monoisotopic (exact) mass is 850 g/mol. The molecule has 4 aromatic rings. The smallest absolute Gasteiger partial charge is 0.407 e. The number of aromatic nitrogens is 3. The summed E-state index contributed by atoms with van der Waals surface area (Å²) in [7, 11) is 1.58. The Balaban J connectivity index is 1.10. The summed E-state index contributed by atoms with van der Waals surface area (Å²) in [5, 5.41) is 28.3. The predicted octanol–water partition coefficient (Wildman–Crippen LogP) is 6.46. The Morgan fingerprint density at radius 2 is 1.58 bits per heavy atom. The average Bonchev–Trinajstić information content (AvgIpc) is 3.71. The summed E-state index contributed by atoms with van der Waals surface area (Å²) >= 11 is 0. The second-order valence-electron chi connectivity index (χ2n) is 17.2. The van der Waals surface area contributed by atoms with Crippen molar-refractivity contribution in [2.24, 2.45) is 11.8 Å². The first-order valence-electron chi connectivity index (χ1n) is 21.2. The molecule has 0 unspecified atom stereocenters. The van der Waals surface area contributed by atoms with Crippen LogP contribution in [-0.2, 0) is 32.1 Å². The van der Waals surface area contributed by atoms with E-state index in [1.54, 1.807) is 25.3 Å². The molecule has 3 aromatic carbocycles. The number of carboxylic acid groups (broad SMARTS) is 1. The fraction of sp³-hybridized carbons (Fsp3) is 0.457. The molecule has 62 heavy (non-hydrogen) atoms. The number of anilines is 1. The largest absolute Gasteiger partial charge is 0.465 e. The number of hydrogen-bond acceptors (Lipinski definition) is 9. The maximum atomic E-state index is 14.0. The predicted molar refractivity (Wildman–Crippen MR) is 233 cm³/mol. The molecule has 0 radical (unpaired) electrons. The number of rotatable bonds is 14. The van der Waals surface area contributed by atoms with Crippen LogP contribution in [0.15, 0.2) is 66.7 Å². The van der Waals surface area contributed by atoms with Gasteiger partial charge in [0.25, 0.3) is 5.91 Å². The maximum Gasteiger partial charge on any atom is 0.407 e. The normalized spacial score (nSPS) is 17.4. The second kappa shape index (κ2) is 20.5. The summed E-state index contributed by atoms with van der Waals surface area (Å²) in [5.41, 5.74) is 4.90. The Morgan fingerprint density at radius 3 is 2.21 bits per heavy atom. The first-order chi connectivity index (χ1) is 29.6. The van der Waals surface area contributed by atoms with E-state index < -0.39 is 23.8 Å². The number of alkyl carbamates (subject to hydrolysis) is 1. The van der Waals surface area contributed by atoms with Gasteiger partial charge in [-0.1, -0.05) is 30.3 Å². The van der Waals surface area contributed by atoms with E-state index >= 15 is 0 Å². The Kier molecular flexibility index (Phi) is 15.0. The zero-order valence-corrected chi connectivity index (χ0v) is 36.1. The van der Waals surface area contributed by atoms with Crippen LogP contribution in [0.3, 0.4) is 0 Å². The van der Waals surface area contributed by atoms with Crippen molar-refractivity contribution in [3.8, 4) is 22.5 Å². The molecule has 6 N–H and O–H groups in total. The Hall–Kier alpha value is -6.29. The third kappa shape index (κ3) is 12.6. The lowest BCUT2D eigenvalue weighted by Gasteiger charge is -2.30. The molecular formula is C46H58N8O8. The molecule has 0 bridgehead atoms. The first kappa shape index (κ1) is 45.2. The topological polar surface area (TPSA) is 217 Å². The van der Waals surface area contributed by atoms with E-state index in [-0.39, 0.29) is 42.0 Å². The zero-order chi connectivity index (χ0) is 44.4. The van der Waals surface area contributed by atoms with E-state index in [1.165, 1.54) is 4.90 Å². The summed E-state index contributed by atoms with van der Waals surface area (Å²) < 4.78 is 10.5. The molecule has 6 rings (SSSR count). The second-order valence-corrected chi connectivity index (χ2v) is 17.2. The SMILES string of the molecule is COCc1nc(-c2ccc(NC(=O)[C@H](Cc3ccc(-c4ccc(C(=O)NC5CCN(C(=O)O)CC5)cc4C)cc3)NC(=O)C3CCC(CNC(=O)OC(C)(C)C)CC3)cc2)n[nH]1. The quantitative estimate of drug-likeness (QED) is 0.0814. The third-order valence-corrected chi connectivity index (χ3v) is 11.3. The molecule has 1 saturated carbocycles. The van der Waals surface area contributed by atoms with Gasteiger partial charge in [-0.25, -0.2) is 14.6 Å². The Morgan fingerprint density at radius 1 is 0.903 bits per heavy atom. The maximum absolute atomic E-state index is 14.0. The number of carbonyl (C=O) groups excluding carboxylic acids is 4. The molecule has 5 amide bonds. The molecule has 1 atom stereocenters. The molecule has 0 spiro atoms. The molecule has 1 aliphatic carbocycles. The number of H-pyrrole nitrogens is 1. The van der Waals surface area contributed by atoms with Crippen molar-refractivity contribution in [1.29, 1.82) is 0 Å². The molecule has 2 heterocycles. The van der Waals surface area contributed by atoms with Gasteiger partial charge in [-0.05, 0) is 131 Å². The van der Waals surface area contributed by atoms with Crippen LogP contribution in [0, 0.1) is 18.8 Å². The number of likely N-dealkylation sites (tertiary alicyclic amines) is 1. The minimum atomic E-state index is -0.941. The standard InChI is InChI=1S/C46H58N8O8/c1-28-24-34(42(56)48-36-20-22-54(23-21-36)45(59)60)16-19-37(28)31-10-6-29(7-11-31)25-38(43(57)49-35-17-14-32(15-18-35)40-51-39(27-61-5)52-53-40)50-41(55)33-12-8-30(9-13-33)26-47-44(58)62-46(2,3)4/h6-7,10-11,14-19,24,30,33,36,38H,8-9,12-13,20-23,25-27H2,1-5H3,(H,47,58)(H,48,56)(H,49,57)(H,50,55)(H,59,60)(H,51,52,53)/t30?,33?,38-/m0/s1. The molecule has 2 aliphatic rings. The van der Waals surface area contributed by atoms with Crippen molar-refractivity contribution in [2.75, 3.05) is 32.1 Å². The van der Waals surface area contributed by atoms with E-state index in [0.29, 0.717) is 74.8 Å². The summed E-state index contributed by atoms with van der Waals surface area (Å²) in [4.78, 5) is 70.1. The van der Waals surface area contributed by atoms with Crippen LogP contribution in [-0.4, -0.2) is 99.5 Å². The highest BCUT2D eigenvalue weighted by atomic mass is 16.6. The van der Waals surface area contributed by atoms with Crippen LogP contribution < -0.4 is 21.3 Å². The summed E-state index contributed by atoms with van der Waals surface area (Å²) in [6.45, 7) is 8.96. The fourth-order valence-electron chi connectivity index (χ4n) is 7.90. The van der Waals surface area contributed by atoms with Gasteiger partial charge in [0.2, 0.25) is 11.8 Å². The minimum absolute atomic E-state index is 0.0862. The van der Waals surface area contributed by atoms with Gasteiger partial charge >= 0.3 is 12.2 Å². The zero-order valence-electron chi connectivity index (χ0n) is 36.1. The number of benzene rings is 3. The summed E-state index contributed by atoms with van der Waals surface area (Å²) in [6.07, 6.45) is 2.78. The highest BCUT2D eigenvalue weighted by Gasteiger charge is 2.31. The fourth-order valence-corrected chi connectivity index (χ4v) is 7.90. The molecule has 1 aromatic heterocycles. The van der Waals surface area contributed by atoms with Gasteiger partial charge in [0.15, 0.2) is 11.6 Å². The van der Waals surface area contributed by atoms with Crippen LogP contribution in [0.4, 0.5) is 15.3 Å². The lowest BCUT2D eigenvalue weighted by Crippen LogP contribution is -2.48. The number of nitrogens with zero attached hydrogens (tertiary/aromatic N) is 3. The van der Waals surface area contributed by atoms with Crippen molar-refractivity contribution < 1.29 is 38.6 Å². The lowest BCUT2D eigenvalue weighted by atomic mass is 9.81. The number of amides is 5. The van der Waals surface area contributed by atoms with Crippen molar-refractivity contribution in [2.45, 2.75) is 96.9 Å². The number of aryl methyl sites for hydroxylation is 1. The van der Waals surface area contributed by atoms with Gasteiger partial charge in [-0.2, -0.15) is 5.10 Å². The van der Waals surface area contributed by atoms with Crippen molar-refractivity contribution in [3.63, 3.8) is 0 Å². The van der Waals surface area contributed by atoms with E-state index in [1.807, 2.05) is 76.2 Å². The average molecular weight is 851 g/mol. The lowest BCUT2D eigenvalue weighted by molar-refractivity contribution is -0.130. The van der Waals surface area contributed by atoms with Crippen molar-refractivity contribution >= 4 is 35.6 Å². The van der Waals surface area contributed by atoms with Gasteiger partial charge in [0.05, 0.1) is 0 Å². The number of aromatic amines is 1. The Bertz CT molecular complexity index is 2190.